The average Bonchev–Trinajstić information content (AvgIpc) is 2.96. The number of hydrogen-bond acceptors (Lipinski definition) is 2. The van der Waals surface area contributed by atoms with Gasteiger partial charge in [0, 0.05) is 37.0 Å². The molecular weight excluding hydrogens is 293 g/mol. The number of hydrogen-bond donors (Lipinski definition) is 2. The van der Waals surface area contributed by atoms with Crippen molar-refractivity contribution in [1.29, 1.82) is 0 Å². The van der Waals surface area contributed by atoms with Gasteiger partial charge in [-0.05, 0) is 24.6 Å². The molecule has 2 rings (SSSR count). The van der Waals surface area contributed by atoms with E-state index in [4.69, 9.17) is 11.6 Å². The molecule has 110 valence electrons. The minimum Gasteiger partial charge on any atom is -0.353 e. The van der Waals surface area contributed by atoms with E-state index in [1.165, 1.54) is 24.3 Å². The third-order valence-corrected chi connectivity index (χ3v) is 3.18. The minimum absolute atomic E-state index is 0.213. The molecule has 0 radical (unpaired) electrons. The Bertz CT molecular complexity index is 606. The zero-order valence-electron chi connectivity index (χ0n) is 11.3. The summed E-state index contributed by atoms with van der Waals surface area (Å²) < 4.78 is 13.5. The molecule has 0 spiro atoms. The molecule has 0 atom stereocenters. The number of nitrogens with one attached hydrogen (secondary N) is 2. The predicted octanol–water partition coefficient (Wildman–Crippen LogP) is 2.96. The molecule has 0 aliphatic rings. The molecule has 1 heterocycles. The first kappa shape index (κ1) is 15.3. The van der Waals surface area contributed by atoms with Crippen LogP contribution in [0, 0.1) is 5.82 Å². The van der Waals surface area contributed by atoms with Crippen molar-refractivity contribution in [2.75, 3.05) is 6.54 Å². The molecule has 0 fully saturated rings. The van der Waals surface area contributed by atoms with Crippen LogP contribution in [0.4, 0.5) is 4.39 Å². The van der Waals surface area contributed by atoms with E-state index in [-0.39, 0.29) is 16.5 Å². The highest BCUT2D eigenvalue weighted by atomic mass is 35.5. The Hall–Kier alpha value is -2.14. The van der Waals surface area contributed by atoms with Crippen LogP contribution in [0.15, 0.2) is 36.7 Å². The summed E-state index contributed by atoms with van der Waals surface area (Å²) in [7, 11) is 0. The molecule has 0 aliphatic carbocycles. The van der Waals surface area contributed by atoms with Gasteiger partial charge in [-0.15, -0.1) is 0 Å². The molecule has 0 saturated carbocycles. The standard InChI is InChI=1S/C15H15ClFN3O/c16-12-3-1-4-13(17)11(12)6-7-15(21)20-8-2-5-14-18-9-10-19-14/h1,3-4,6-7,9-10H,2,5,8H2,(H,18,19)(H,20,21)/b7-6+. The number of carbonyl (C=O) groups is 1. The van der Waals surface area contributed by atoms with Gasteiger partial charge in [-0.3, -0.25) is 4.79 Å². The molecule has 6 heteroatoms. The quantitative estimate of drug-likeness (QED) is 0.637. The lowest BCUT2D eigenvalue weighted by Gasteiger charge is -2.02. The second-order valence-electron chi connectivity index (χ2n) is 4.40. The van der Waals surface area contributed by atoms with Gasteiger partial charge in [-0.1, -0.05) is 17.7 Å². The summed E-state index contributed by atoms with van der Waals surface area (Å²) >= 11 is 5.86. The Morgan fingerprint density at radius 1 is 1.48 bits per heavy atom. The fourth-order valence-electron chi connectivity index (χ4n) is 1.79. The van der Waals surface area contributed by atoms with Crippen LogP contribution in [0.2, 0.25) is 5.02 Å². The summed E-state index contributed by atoms with van der Waals surface area (Å²) in [6.45, 7) is 0.523. The summed E-state index contributed by atoms with van der Waals surface area (Å²) in [6, 6.07) is 4.39. The van der Waals surface area contributed by atoms with E-state index in [2.05, 4.69) is 15.3 Å². The minimum atomic E-state index is -0.454. The van der Waals surface area contributed by atoms with Gasteiger partial charge in [0.25, 0.3) is 0 Å². The molecule has 21 heavy (non-hydrogen) atoms. The van der Waals surface area contributed by atoms with E-state index in [0.29, 0.717) is 6.54 Å². The van der Waals surface area contributed by atoms with E-state index >= 15 is 0 Å². The molecule has 0 aliphatic heterocycles. The first-order valence-electron chi connectivity index (χ1n) is 6.55. The molecular formula is C15H15ClFN3O. The SMILES string of the molecule is O=C(/C=C/c1c(F)cccc1Cl)NCCCc1ncc[nH]1. The topological polar surface area (TPSA) is 57.8 Å². The Morgan fingerprint density at radius 2 is 2.33 bits per heavy atom. The maximum absolute atomic E-state index is 13.5. The van der Waals surface area contributed by atoms with Gasteiger partial charge in [0.2, 0.25) is 5.91 Å². The van der Waals surface area contributed by atoms with E-state index < -0.39 is 5.82 Å². The van der Waals surface area contributed by atoms with Crippen LogP contribution in [0.1, 0.15) is 17.8 Å². The highest BCUT2D eigenvalue weighted by Gasteiger charge is 2.04. The van der Waals surface area contributed by atoms with Gasteiger partial charge >= 0.3 is 0 Å². The monoisotopic (exact) mass is 307 g/mol. The van der Waals surface area contributed by atoms with Gasteiger partial charge < -0.3 is 10.3 Å². The first-order valence-corrected chi connectivity index (χ1v) is 6.93. The third kappa shape index (κ3) is 4.72. The summed E-state index contributed by atoms with van der Waals surface area (Å²) in [4.78, 5) is 18.7. The number of halogens is 2. The molecule has 2 aromatic rings. The Morgan fingerprint density at radius 3 is 3.05 bits per heavy atom. The predicted molar refractivity (Wildman–Crippen MR) is 80.4 cm³/mol. The number of imidazole rings is 1. The number of nitrogens with zero attached hydrogens (tertiary/aromatic N) is 1. The Balaban J connectivity index is 1.77. The zero-order valence-corrected chi connectivity index (χ0v) is 12.0. The maximum Gasteiger partial charge on any atom is 0.244 e. The Labute approximate surface area is 127 Å². The van der Waals surface area contributed by atoms with Crippen LogP contribution in [0.5, 0.6) is 0 Å². The molecule has 2 N–H and O–H groups in total. The number of amides is 1. The van der Waals surface area contributed by atoms with Crippen LogP contribution < -0.4 is 5.32 Å². The smallest absolute Gasteiger partial charge is 0.244 e. The highest BCUT2D eigenvalue weighted by molar-refractivity contribution is 6.32. The Kier molecular flexibility index (Phi) is 5.51. The second-order valence-corrected chi connectivity index (χ2v) is 4.81. The summed E-state index contributed by atoms with van der Waals surface area (Å²) in [5, 5.41) is 3.00. The molecule has 1 aromatic heterocycles. The average molecular weight is 308 g/mol. The van der Waals surface area contributed by atoms with Crippen molar-refractivity contribution in [2.45, 2.75) is 12.8 Å². The number of carbonyl (C=O) groups excluding carboxylic acids is 1. The normalized spacial score (nSPS) is 11.0. The molecule has 0 saturated heterocycles. The van der Waals surface area contributed by atoms with Crippen LogP contribution in [-0.2, 0) is 11.2 Å². The van der Waals surface area contributed by atoms with Gasteiger partial charge in [0.1, 0.15) is 11.6 Å². The van der Waals surface area contributed by atoms with E-state index in [0.717, 1.165) is 18.7 Å². The van der Waals surface area contributed by atoms with Crippen molar-refractivity contribution in [1.82, 2.24) is 15.3 Å². The molecule has 0 bridgehead atoms. The zero-order chi connectivity index (χ0) is 15.1. The second kappa shape index (κ2) is 7.59. The highest BCUT2D eigenvalue weighted by Crippen LogP contribution is 2.20. The maximum atomic E-state index is 13.5. The molecule has 1 amide bonds. The van der Waals surface area contributed by atoms with Crippen molar-refractivity contribution in [3.8, 4) is 0 Å². The van der Waals surface area contributed by atoms with Crippen LogP contribution in [0.25, 0.3) is 6.08 Å². The van der Waals surface area contributed by atoms with Gasteiger partial charge in [0.05, 0.1) is 5.02 Å². The van der Waals surface area contributed by atoms with E-state index in [1.807, 2.05) is 0 Å². The summed E-state index contributed by atoms with van der Waals surface area (Å²) in [5.74, 6) is 0.149. The lowest BCUT2D eigenvalue weighted by atomic mass is 10.2. The van der Waals surface area contributed by atoms with E-state index in [1.54, 1.807) is 18.5 Å². The lowest BCUT2D eigenvalue weighted by molar-refractivity contribution is -0.116. The number of benzene rings is 1. The van der Waals surface area contributed by atoms with Crippen LogP contribution in [0.3, 0.4) is 0 Å². The van der Waals surface area contributed by atoms with Gasteiger partial charge in [-0.2, -0.15) is 0 Å². The lowest BCUT2D eigenvalue weighted by Crippen LogP contribution is -2.22. The number of aromatic amines is 1. The van der Waals surface area contributed by atoms with Crippen LogP contribution in [-0.4, -0.2) is 22.4 Å². The fourth-order valence-corrected chi connectivity index (χ4v) is 2.02. The molecule has 0 unspecified atom stereocenters. The first-order chi connectivity index (χ1) is 10.2. The molecule has 1 aromatic carbocycles. The van der Waals surface area contributed by atoms with Crippen molar-refractivity contribution >= 4 is 23.6 Å². The van der Waals surface area contributed by atoms with Crippen molar-refractivity contribution in [2.24, 2.45) is 0 Å². The fraction of sp³-hybridized carbons (Fsp3) is 0.200. The number of aromatic nitrogens is 2. The van der Waals surface area contributed by atoms with Crippen molar-refractivity contribution < 1.29 is 9.18 Å². The van der Waals surface area contributed by atoms with Crippen molar-refractivity contribution in [3.05, 3.63) is 58.9 Å². The van der Waals surface area contributed by atoms with Gasteiger partial charge in [0.15, 0.2) is 0 Å². The van der Waals surface area contributed by atoms with E-state index in [9.17, 15) is 9.18 Å². The molecule has 4 nitrogen and oxygen atoms in total. The number of aryl methyl sites for hydroxylation is 1. The summed E-state index contributed by atoms with van der Waals surface area (Å²) in [6.07, 6.45) is 7.63. The number of H-pyrrole nitrogens is 1. The summed E-state index contributed by atoms with van der Waals surface area (Å²) in [5.41, 5.74) is 0.213. The van der Waals surface area contributed by atoms with Gasteiger partial charge in [-0.25, -0.2) is 9.37 Å². The number of rotatable bonds is 6. The third-order valence-electron chi connectivity index (χ3n) is 2.85. The largest absolute Gasteiger partial charge is 0.353 e. The van der Waals surface area contributed by atoms with Crippen LogP contribution >= 0.6 is 11.6 Å². The van der Waals surface area contributed by atoms with Crippen molar-refractivity contribution in [3.63, 3.8) is 0 Å².